The zero-order valence-corrected chi connectivity index (χ0v) is 13.7. The van der Waals surface area contributed by atoms with Crippen molar-refractivity contribution in [1.29, 1.82) is 0 Å². The fraction of sp³-hybridized carbons (Fsp3) is 0.222. The first-order valence-corrected chi connectivity index (χ1v) is 7.95. The van der Waals surface area contributed by atoms with Gasteiger partial charge in [-0.1, -0.05) is 42.0 Å². The molecule has 3 aromatic rings. The molecular weight excluding hydrogens is 308 g/mol. The number of hydrogen-bond acceptors (Lipinski definition) is 3. The van der Waals surface area contributed by atoms with Crippen LogP contribution < -0.4 is 5.32 Å². The summed E-state index contributed by atoms with van der Waals surface area (Å²) in [5, 5.41) is 2.93. The Labute approximate surface area is 139 Å². The highest BCUT2D eigenvalue weighted by Crippen LogP contribution is 2.17. The van der Waals surface area contributed by atoms with Crippen LogP contribution in [0.5, 0.6) is 0 Å². The van der Waals surface area contributed by atoms with E-state index in [2.05, 4.69) is 5.32 Å². The minimum Gasteiger partial charge on any atom is -0.429 e. The zero-order valence-electron chi connectivity index (χ0n) is 12.9. The average molecular weight is 326 g/mol. The maximum atomic E-state index is 12.0. The Hall–Kier alpha value is -2.40. The number of oxazole rings is 1. The van der Waals surface area contributed by atoms with Gasteiger partial charge in [0.2, 0.25) is 5.91 Å². The summed E-state index contributed by atoms with van der Waals surface area (Å²) in [6, 6.07) is 15.8. The van der Waals surface area contributed by atoms with Crippen LogP contribution >= 0.6 is 12.2 Å². The normalized spacial score (nSPS) is 10.8. The summed E-state index contributed by atoms with van der Waals surface area (Å²) >= 11 is 5.22. The highest BCUT2D eigenvalue weighted by molar-refractivity contribution is 7.71. The highest BCUT2D eigenvalue weighted by Gasteiger charge is 2.08. The summed E-state index contributed by atoms with van der Waals surface area (Å²) in [7, 11) is 0. The van der Waals surface area contributed by atoms with E-state index in [9.17, 15) is 4.79 Å². The predicted octanol–water partition coefficient (Wildman–Crippen LogP) is 3.98. The third kappa shape index (κ3) is 3.68. The van der Waals surface area contributed by atoms with Crippen LogP contribution in [0.15, 0.2) is 52.9 Å². The molecule has 1 aromatic heterocycles. The molecule has 0 spiro atoms. The summed E-state index contributed by atoms with van der Waals surface area (Å²) in [5.74, 6) is -0.00208. The van der Waals surface area contributed by atoms with Crippen molar-refractivity contribution < 1.29 is 9.21 Å². The number of amides is 1. The van der Waals surface area contributed by atoms with Gasteiger partial charge in [0.1, 0.15) is 0 Å². The molecule has 0 aliphatic heterocycles. The van der Waals surface area contributed by atoms with Crippen molar-refractivity contribution in [3.8, 4) is 0 Å². The lowest BCUT2D eigenvalue weighted by atomic mass is 10.1. The molecule has 1 N–H and O–H groups in total. The molecule has 0 aliphatic rings. The van der Waals surface area contributed by atoms with Crippen LogP contribution in [0.3, 0.4) is 0 Å². The van der Waals surface area contributed by atoms with E-state index in [1.165, 1.54) is 5.56 Å². The van der Waals surface area contributed by atoms with E-state index in [0.717, 1.165) is 16.7 Å². The largest absolute Gasteiger partial charge is 0.429 e. The number of carbonyl (C=O) groups excluding carboxylic acids is 1. The first-order chi connectivity index (χ1) is 11.1. The highest BCUT2D eigenvalue weighted by atomic mass is 32.1. The smallest absolute Gasteiger partial charge is 0.269 e. The number of aryl methyl sites for hydroxylation is 2. The van der Waals surface area contributed by atoms with Crippen molar-refractivity contribution >= 4 is 29.2 Å². The SMILES string of the molecule is Cc1ccc(CNC(=O)CCn2c(=S)oc3ccccc32)cc1. The van der Waals surface area contributed by atoms with E-state index < -0.39 is 0 Å². The van der Waals surface area contributed by atoms with Gasteiger partial charge in [-0.15, -0.1) is 0 Å². The van der Waals surface area contributed by atoms with Gasteiger partial charge in [0, 0.05) is 19.5 Å². The molecule has 0 saturated heterocycles. The van der Waals surface area contributed by atoms with Crippen LogP contribution in [-0.4, -0.2) is 10.5 Å². The first kappa shape index (κ1) is 15.5. The van der Waals surface area contributed by atoms with Crippen LogP contribution in [-0.2, 0) is 17.9 Å². The fourth-order valence-corrected chi connectivity index (χ4v) is 2.71. The molecule has 0 fully saturated rings. The van der Waals surface area contributed by atoms with Crippen LogP contribution in [0.1, 0.15) is 17.5 Å². The lowest BCUT2D eigenvalue weighted by Crippen LogP contribution is -2.23. The molecule has 2 aromatic carbocycles. The van der Waals surface area contributed by atoms with E-state index in [4.69, 9.17) is 16.6 Å². The van der Waals surface area contributed by atoms with Gasteiger partial charge in [0.25, 0.3) is 4.84 Å². The van der Waals surface area contributed by atoms with E-state index in [0.29, 0.717) is 24.3 Å². The number of fused-ring (bicyclic) bond motifs is 1. The summed E-state index contributed by atoms with van der Waals surface area (Å²) in [4.78, 5) is 12.4. The summed E-state index contributed by atoms with van der Waals surface area (Å²) in [6.45, 7) is 3.09. The van der Waals surface area contributed by atoms with E-state index >= 15 is 0 Å². The first-order valence-electron chi connectivity index (χ1n) is 7.54. The minimum absolute atomic E-state index is 0.00208. The Kier molecular flexibility index (Phi) is 4.57. The van der Waals surface area contributed by atoms with E-state index in [1.54, 1.807) is 0 Å². The number of carbonyl (C=O) groups is 1. The molecule has 0 saturated carbocycles. The average Bonchev–Trinajstić information content (AvgIpc) is 2.87. The summed E-state index contributed by atoms with van der Waals surface area (Å²) in [6.07, 6.45) is 0.365. The van der Waals surface area contributed by atoms with E-state index in [1.807, 2.05) is 60.0 Å². The number of rotatable bonds is 5. The van der Waals surface area contributed by atoms with Crippen LogP contribution in [0, 0.1) is 11.8 Å². The second-order valence-electron chi connectivity index (χ2n) is 5.50. The van der Waals surface area contributed by atoms with Crippen LogP contribution in [0.2, 0.25) is 0 Å². The molecule has 1 heterocycles. The maximum Gasteiger partial charge on any atom is 0.269 e. The second-order valence-corrected chi connectivity index (χ2v) is 5.85. The Bertz CT molecular complexity index is 878. The predicted molar refractivity (Wildman–Crippen MR) is 92.7 cm³/mol. The number of benzene rings is 2. The fourth-order valence-electron chi connectivity index (χ4n) is 2.43. The number of para-hydroxylation sites is 2. The molecule has 118 valence electrons. The van der Waals surface area contributed by atoms with E-state index in [-0.39, 0.29) is 5.91 Å². The molecule has 0 radical (unpaired) electrons. The van der Waals surface area contributed by atoms with Gasteiger partial charge < -0.3 is 9.73 Å². The Balaban J connectivity index is 1.59. The van der Waals surface area contributed by atoms with Crippen LogP contribution in [0.4, 0.5) is 0 Å². The number of nitrogens with zero attached hydrogens (tertiary/aromatic N) is 1. The van der Waals surface area contributed by atoms with Crippen LogP contribution in [0.25, 0.3) is 11.1 Å². The maximum absolute atomic E-state index is 12.0. The zero-order chi connectivity index (χ0) is 16.2. The van der Waals surface area contributed by atoms with Gasteiger partial charge >= 0.3 is 0 Å². The Morgan fingerprint density at radius 2 is 1.91 bits per heavy atom. The van der Waals surface area contributed by atoms with Crippen molar-refractivity contribution in [2.75, 3.05) is 0 Å². The van der Waals surface area contributed by atoms with Gasteiger partial charge in [0.05, 0.1) is 5.52 Å². The quantitative estimate of drug-likeness (QED) is 0.722. The number of aromatic nitrogens is 1. The van der Waals surface area contributed by atoms with Crippen molar-refractivity contribution in [2.24, 2.45) is 0 Å². The molecule has 1 amide bonds. The van der Waals surface area contributed by atoms with Crippen molar-refractivity contribution in [1.82, 2.24) is 9.88 Å². The Morgan fingerprint density at radius 3 is 2.70 bits per heavy atom. The molecular formula is C18H18N2O2S. The van der Waals surface area contributed by atoms with Gasteiger partial charge in [-0.3, -0.25) is 9.36 Å². The second kappa shape index (κ2) is 6.79. The third-order valence-corrected chi connectivity index (χ3v) is 4.05. The van der Waals surface area contributed by atoms with Gasteiger partial charge in [-0.25, -0.2) is 0 Å². The molecule has 0 bridgehead atoms. The summed E-state index contributed by atoms with van der Waals surface area (Å²) in [5.41, 5.74) is 3.97. The monoisotopic (exact) mass is 326 g/mol. The Morgan fingerprint density at radius 1 is 1.17 bits per heavy atom. The van der Waals surface area contributed by atoms with Crippen molar-refractivity contribution in [3.63, 3.8) is 0 Å². The summed E-state index contributed by atoms with van der Waals surface area (Å²) < 4.78 is 7.38. The molecule has 0 atom stereocenters. The molecule has 5 heteroatoms. The third-order valence-electron chi connectivity index (χ3n) is 3.75. The number of hydrogen-bond donors (Lipinski definition) is 1. The molecule has 0 aliphatic carbocycles. The topological polar surface area (TPSA) is 47.2 Å². The standard InChI is InChI=1S/C18H18N2O2S/c1-13-6-8-14(9-7-13)12-19-17(21)10-11-20-15-4-2-3-5-16(15)22-18(20)23/h2-9H,10-12H2,1H3,(H,19,21). The van der Waals surface area contributed by atoms with Gasteiger partial charge in [-0.2, -0.15) is 0 Å². The molecule has 0 unspecified atom stereocenters. The molecule has 4 nitrogen and oxygen atoms in total. The number of nitrogens with one attached hydrogen (secondary N) is 1. The lowest BCUT2D eigenvalue weighted by molar-refractivity contribution is -0.121. The minimum atomic E-state index is -0.00208. The van der Waals surface area contributed by atoms with Gasteiger partial charge in [-0.05, 0) is 36.8 Å². The van der Waals surface area contributed by atoms with Crippen molar-refractivity contribution in [3.05, 3.63) is 64.5 Å². The lowest BCUT2D eigenvalue weighted by Gasteiger charge is -2.06. The van der Waals surface area contributed by atoms with Crippen molar-refractivity contribution in [2.45, 2.75) is 26.4 Å². The molecule has 3 rings (SSSR count). The van der Waals surface area contributed by atoms with Gasteiger partial charge in [0.15, 0.2) is 5.58 Å². The molecule has 23 heavy (non-hydrogen) atoms.